The van der Waals surface area contributed by atoms with E-state index in [0.717, 1.165) is 0 Å². The lowest BCUT2D eigenvalue weighted by Gasteiger charge is -2.33. The summed E-state index contributed by atoms with van der Waals surface area (Å²) in [6.07, 6.45) is -0.292. The predicted molar refractivity (Wildman–Crippen MR) is 74.9 cm³/mol. The molecule has 0 bridgehead atoms. The van der Waals surface area contributed by atoms with Gasteiger partial charge in [0.25, 0.3) is 0 Å². The number of hydrogen-bond acceptors (Lipinski definition) is 6. The average molecular weight is 296 g/mol. The number of amides is 2. The Hall–Kier alpha value is -2.09. The molecule has 116 valence electrons. The van der Waals surface area contributed by atoms with Crippen LogP contribution in [0.3, 0.4) is 0 Å². The maximum atomic E-state index is 11.9. The lowest BCUT2D eigenvalue weighted by atomic mass is 10.3. The quantitative estimate of drug-likeness (QED) is 0.879. The molecule has 0 spiro atoms. The van der Waals surface area contributed by atoms with Crippen molar-refractivity contribution in [2.45, 2.75) is 13.8 Å². The van der Waals surface area contributed by atoms with Crippen molar-refractivity contribution in [2.24, 2.45) is 0 Å². The molecule has 21 heavy (non-hydrogen) atoms. The van der Waals surface area contributed by atoms with Crippen LogP contribution in [0.1, 0.15) is 12.7 Å². The van der Waals surface area contributed by atoms with Crippen molar-refractivity contribution < 1.29 is 18.8 Å². The second-order valence-electron chi connectivity index (χ2n) is 4.83. The lowest BCUT2D eigenvalue weighted by molar-refractivity contribution is -0.117. The summed E-state index contributed by atoms with van der Waals surface area (Å²) in [7, 11) is 0. The molecule has 1 aromatic heterocycles. The van der Waals surface area contributed by atoms with E-state index in [-0.39, 0.29) is 18.5 Å². The molecule has 8 heteroatoms. The minimum absolute atomic E-state index is 0.145. The minimum Gasteiger partial charge on any atom is -0.450 e. The van der Waals surface area contributed by atoms with Gasteiger partial charge >= 0.3 is 6.09 Å². The van der Waals surface area contributed by atoms with Gasteiger partial charge in [0.1, 0.15) is 5.76 Å². The molecule has 0 aliphatic carbocycles. The fourth-order valence-electron chi connectivity index (χ4n) is 2.11. The van der Waals surface area contributed by atoms with E-state index in [1.165, 1.54) is 0 Å². The molecule has 2 rings (SSSR count). The zero-order valence-corrected chi connectivity index (χ0v) is 12.3. The van der Waals surface area contributed by atoms with Crippen molar-refractivity contribution in [3.8, 4) is 0 Å². The molecule has 1 saturated heterocycles. The fraction of sp³-hybridized carbons (Fsp3) is 0.615. The molecule has 1 N–H and O–H groups in total. The highest BCUT2D eigenvalue weighted by Crippen LogP contribution is 2.08. The molecule has 2 heterocycles. The molecule has 0 atom stereocenters. The summed E-state index contributed by atoms with van der Waals surface area (Å²) >= 11 is 0. The number of carbonyl (C=O) groups is 2. The SMILES string of the molecule is CCOC(=O)N1CCN(CC(=O)Nc2cc(C)on2)CC1. The summed E-state index contributed by atoms with van der Waals surface area (Å²) < 4.78 is 9.83. The van der Waals surface area contributed by atoms with Gasteiger partial charge in [-0.3, -0.25) is 9.69 Å². The highest BCUT2D eigenvalue weighted by molar-refractivity contribution is 5.91. The molecule has 0 aromatic carbocycles. The first kappa shape index (κ1) is 15.3. The van der Waals surface area contributed by atoms with Gasteiger partial charge in [0, 0.05) is 32.2 Å². The number of hydrogen-bond donors (Lipinski definition) is 1. The van der Waals surface area contributed by atoms with Crippen molar-refractivity contribution >= 4 is 17.8 Å². The summed E-state index contributed by atoms with van der Waals surface area (Å²) in [4.78, 5) is 27.1. The Labute approximate surface area is 123 Å². The van der Waals surface area contributed by atoms with Crippen molar-refractivity contribution in [3.63, 3.8) is 0 Å². The summed E-state index contributed by atoms with van der Waals surface area (Å²) in [5.41, 5.74) is 0. The molecular weight excluding hydrogens is 276 g/mol. The van der Waals surface area contributed by atoms with Crippen molar-refractivity contribution in [1.82, 2.24) is 15.0 Å². The van der Waals surface area contributed by atoms with Crippen LogP contribution in [0.2, 0.25) is 0 Å². The van der Waals surface area contributed by atoms with Gasteiger partial charge in [-0.15, -0.1) is 0 Å². The van der Waals surface area contributed by atoms with Gasteiger partial charge < -0.3 is 19.5 Å². The number of rotatable bonds is 4. The third-order valence-electron chi connectivity index (χ3n) is 3.16. The first-order valence-electron chi connectivity index (χ1n) is 6.95. The summed E-state index contributed by atoms with van der Waals surface area (Å²) in [5.74, 6) is 0.920. The van der Waals surface area contributed by atoms with Gasteiger partial charge in [-0.05, 0) is 13.8 Å². The van der Waals surface area contributed by atoms with E-state index in [9.17, 15) is 9.59 Å². The summed E-state index contributed by atoms with van der Waals surface area (Å²) in [6, 6.07) is 1.66. The highest BCUT2D eigenvalue weighted by atomic mass is 16.6. The molecule has 1 aliphatic heterocycles. The van der Waals surface area contributed by atoms with Crippen molar-refractivity contribution in [3.05, 3.63) is 11.8 Å². The molecule has 1 aromatic rings. The van der Waals surface area contributed by atoms with Crippen LogP contribution in [-0.4, -0.2) is 66.3 Å². The van der Waals surface area contributed by atoms with E-state index in [2.05, 4.69) is 10.5 Å². The maximum Gasteiger partial charge on any atom is 0.409 e. The number of aryl methyl sites for hydroxylation is 1. The highest BCUT2D eigenvalue weighted by Gasteiger charge is 2.23. The fourth-order valence-corrected chi connectivity index (χ4v) is 2.11. The third kappa shape index (κ3) is 4.45. The number of nitrogens with one attached hydrogen (secondary N) is 1. The van der Waals surface area contributed by atoms with Gasteiger partial charge in [0.05, 0.1) is 13.2 Å². The third-order valence-corrected chi connectivity index (χ3v) is 3.16. The number of anilines is 1. The van der Waals surface area contributed by atoms with Gasteiger partial charge in [-0.2, -0.15) is 0 Å². The Morgan fingerprint density at radius 3 is 2.67 bits per heavy atom. The Balaban J connectivity index is 1.73. The Kier molecular flexibility index (Phi) is 5.15. The lowest BCUT2D eigenvalue weighted by Crippen LogP contribution is -2.50. The monoisotopic (exact) mass is 296 g/mol. The van der Waals surface area contributed by atoms with Crippen LogP contribution in [0.5, 0.6) is 0 Å². The van der Waals surface area contributed by atoms with Crippen LogP contribution < -0.4 is 5.32 Å². The number of carbonyl (C=O) groups excluding carboxylic acids is 2. The molecule has 0 radical (unpaired) electrons. The second kappa shape index (κ2) is 7.07. The zero-order valence-electron chi connectivity index (χ0n) is 12.3. The molecule has 1 aliphatic rings. The van der Waals surface area contributed by atoms with Crippen LogP contribution in [0.4, 0.5) is 10.6 Å². The van der Waals surface area contributed by atoms with Gasteiger partial charge in [0.2, 0.25) is 5.91 Å². The minimum atomic E-state index is -0.292. The van der Waals surface area contributed by atoms with Crippen molar-refractivity contribution in [1.29, 1.82) is 0 Å². The van der Waals surface area contributed by atoms with E-state index in [1.54, 1.807) is 24.8 Å². The second-order valence-corrected chi connectivity index (χ2v) is 4.83. The topological polar surface area (TPSA) is 87.9 Å². The smallest absolute Gasteiger partial charge is 0.409 e. The molecule has 2 amide bonds. The normalized spacial score (nSPS) is 15.8. The van der Waals surface area contributed by atoms with Crippen LogP contribution in [0, 0.1) is 6.92 Å². The average Bonchev–Trinajstić information content (AvgIpc) is 2.85. The number of nitrogens with zero attached hydrogens (tertiary/aromatic N) is 3. The van der Waals surface area contributed by atoms with Crippen LogP contribution >= 0.6 is 0 Å². The predicted octanol–water partition coefficient (Wildman–Crippen LogP) is 0.696. The van der Waals surface area contributed by atoms with Crippen LogP contribution in [-0.2, 0) is 9.53 Å². The number of piperazine rings is 1. The number of ether oxygens (including phenoxy) is 1. The first-order valence-corrected chi connectivity index (χ1v) is 6.95. The largest absolute Gasteiger partial charge is 0.450 e. The van der Waals surface area contributed by atoms with E-state index in [1.807, 2.05) is 4.90 Å². The zero-order chi connectivity index (χ0) is 15.2. The van der Waals surface area contributed by atoms with E-state index in [4.69, 9.17) is 9.26 Å². The Morgan fingerprint density at radius 1 is 1.38 bits per heavy atom. The van der Waals surface area contributed by atoms with Crippen molar-refractivity contribution in [2.75, 3.05) is 44.6 Å². The standard InChI is InChI=1S/C13H20N4O4/c1-3-20-13(19)17-6-4-16(5-7-17)9-12(18)14-11-8-10(2)21-15-11/h8H,3-7,9H2,1-2H3,(H,14,15,18). The molecule has 1 fully saturated rings. The van der Waals surface area contributed by atoms with Crippen LogP contribution in [0.25, 0.3) is 0 Å². The maximum absolute atomic E-state index is 11.9. The Bertz CT molecular complexity index is 494. The molecule has 0 saturated carbocycles. The van der Waals surface area contributed by atoms with E-state index < -0.39 is 0 Å². The molecular formula is C13H20N4O4. The van der Waals surface area contributed by atoms with Gasteiger partial charge in [-0.1, -0.05) is 5.16 Å². The van der Waals surface area contributed by atoms with Gasteiger partial charge in [0.15, 0.2) is 5.82 Å². The van der Waals surface area contributed by atoms with E-state index in [0.29, 0.717) is 44.4 Å². The summed E-state index contributed by atoms with van der Waals surface area (Å²) in [5, 5.41) is 6.38. The van der Waals surface area contributed by atoms with E-state index >= 15 is 0 Å². The molecule has 8 nitrogen and oxygen atoms in total. The van der Waals surface area contributed by atoms with Crippen LogP contribution in [0.15, 0.2) is 10.6 Å². The summed E-state index contributed by atoms with van der Waals surface area (Å²) in [6.45, 7) is 6.60. The Morgan fingerprint density at radius 2 is 2.10 bits per heavy atom. The number of aromatic nitrogens is 1. The first-order chi connectivity index (χ1) is 10.1. The van der Waals surface area contributed by atoms with Gasteiger partial charge in [-0.25, -0.2) is 4.79 Å². The molecule has 0 unspecified atom stereocenters.